The predicted octanol–water partition coefficient (Wildman–Crippen LogP) is 5.14. The second-order valence-corrected chi connectivity index (χ2v) is 4.48. The molecule has 0 spiro atoms. The average Bonchev–Trinajstić information content (AvgIpc) is 2.45. The summed E-state index contributed by atoms with van der Waals surface area (Å²) >= 11 is 0. The van der Waals surface area contributed by atoms with Crippen LogP contribution in [0.15, 0.2) is 42.5 Å². The molecule has 0 aromatic heterocycles. The van der Waals surface area contributed by atoms with Crippen LogP contribution in [0.5, 0.6) is 5.75 Å². The molecule has 120 valence electrons. The molecular weight excluding hydrogens is 324 g/mol. The molecule has 0 radical (unpaired) electrons. The highest BCUT2D eigenvalue weighted by molar-refractivity contribution is 5.67. The van der Waals surface area contributed by atoms with Crippen LogP contribution >= 0.6 is 0 Å². The van der Waals surface area contributed by atoms with Gasteiger partial charge in [0, 0.05) is 0 Å². The Kier molecular flexibility index (Phi) is 4.23. The first kappa shape index (κ1) is 16.7. The maximum Gasteiger partial charge on any atom is 0.573 e. The molecule has 0 N–H and O–H groups in total. The Labute approximate surface area is 126 Å². The minimum atomic E-state index is -4.86. The van der Waals surface area contributed by atoms with Crippen LogP contribution in [0.2, 0.25) is 0 Å². The lowest BCUT2D eigenvalue weighted by atomic mass is 10.00. The van der Waals surface area contributed by atoms with Gasteiger partial charge in [0.2, 0.25) is 0 Å². The summed E-state index contributed by atoms with van der Waals surface area (Å²) in [7, 11) is 0. The molecule has 0 aliphatic heterocycles. The second-order valence-electron chi connectivity index (χ2n) is 4.48. The fourth-order valence-corrected chi connectivity index (χ4v) is 1.87. The number of ether oxygens (including phenoxy) is 1. The fraction of sp³-hybridized carbons (Fsp3) is 0.133. The lowest BCUT2D eigenvalue weighted by molar-refractivity contribution is -0.274. The quantitative estimate of drug-likeness (QED) is 0.714. The van der Waals surface area contributed by atoms with E-state index < -0.39 is 23.9 Å². The minimum absolute atomic E-state index is 0.0648. The third kappa shape index (κ3) is 4.39. The maximum atomic E-state index is 12.8. The van der Waals surface area contributed by atoms with Gasteiger partial charge in [-0.2, -0.15) is 18.4 Å². The molecule has 2 rings (SSSR count). The molecule has 0 heterocycles. The van der Waals surface area contributed by atoms with Crippen molar-refractivity contribution in [2.45, 2.75) is 12.5 Å². The second kappa shape index (κ2) is 5.83. The molecule has 0 aliphatic rings. The van der Waals surface area contributed by atoms with Gasteiger partial charge in [0.1, 0.15) is 5.75 Å². The zero-order valence-corrected chi connectivity index (χ0v) is 11.2. The topological polar surface area (TPSA) is 33.0 Å². The molecule has 0 unspecified atom stereocenters. The van der Waals surface area contributed by atoms with Gasteiger partial charge >= 0.3 is 12.5 Å². The van der Waals surface area contributed by atoms with Crippen molar-refractivity contribution in [1.82, 2.24) is 0 Å². The summed E-state index contributed by atoms with van der Waals surface area (Å²) in [5.41, 5.74) is -0.926. The number of alkyl halides is 6. The van der Waals surface area contributed by atoms with E-state index in [-0.39, 0.29) is 16.7 Å². The van der Waals surface area contributed by atoms with Crippen molar-refractivity contribution in [2.24, 2.45) is 0 Å². The molecule has 8 heteroatoms. The van der Waals surface area contributed by atoms with E-state index in [9.17, 15) is 26.3 Å². The Balaban J connectivity index is 2.40. The van der Waals surface area contributed by atoms with Gasteiger partial charge in [-0.15, -0.1) is 13.2 Å². The van der Waals surface area contributed by atoms with Crippen molar-refractivity contribution < 1.29 is 31.1 Å². The molecule has 0 aliphatic carbocycles. The number of hydrogen-bond donors (Lipinski definition) is 0. The van der Waals surface area contributed by atoms with E-state index in [0.29, 0.717) is 6.07 Å². The fourth-order valence-electron chi connectivity index (χ4n) is 1.87. The normalized spacial score (nSPS) is 11.9. The monoisotopic (exact) mass is 331 g/mol. The number of nitrogens with zero attached hydrogens (tertiary/aromatic N) is 1. The number of rotatable bonds is 2. The van der Waals surface area contributed by atoms with E-state index in [0.717, 1.165) is 18.2 Å². The van der Waals surface area contributed by atoms with Gasteiger partial charge in [-0.3, -0.25) is 0 Å². The summed E-state index contributed by atoms with van der Waals surface area (Å²) in [4.78, 5) is 0. The summed E-state index contributed by atoms with van der Waals surface area (Å²) in [6.45, 7) is 0. The van der Waals surface area contributed by atoms with Crippen LogP contribution in [-0.2, 0) is 6.18 Å². The Morgan fingerprint density at radius 1 is 0.826 bits per heavy atom. The van der Waals surface area contributed by atoms with Crippen LogP contribution in [0.4, 0.5) is 26.3 Å². The standard InChI is InChI=1S/C15H7F6NO/c16-14(17,18)12-6-9(8-22)5-11(7-12)10-1-3-13(4-2-10)23-15(19,20)21/h1-7H. The molecule has 0 saturated heterocycles. The van der Waals surface area contributed by atoms with Gasteiger partial charge in [-0.25, -0.2) is 0 Å². The number of halogens is 6. The largest absolute Gasteiger partial charge is 0.573 e. The number of benzene rings is 2. The van der Waals surface area contributed by atoms with E-state index in [1.165, 1.54) is 18.2 Å². The first-order valence-corrected chi connectivity index (χ1v) is 6.07. The van der Waals surface area contributed by atoms with Crippen molar-refractivity contribution in [3.63, 3.8) is 0 Å². The third-order valence-electron chi connectivity index (χ3n) is 2.81. The maximum absolute atomic E-state index is 12.8. The highest BCUT2D eigenvalue weighted by Gasteiger charge is 2.32. The molecule has 2 aromatic rings. The zero-order chi connectivity index (χ0) is 17.3. The first-order valence-electron chi connectivity index (χ1n) is 6.07. The highest BCUT2D eigenvalue weighted by Crippen LogP contribution is 2.34. The molecule has 2 aromatic carbocycles. The third-order valence-corrected chi connectivity index (χ3v) is 2.81. The first-order chi connectivity index (χ1) is 10.6. The molecule has 0 fully saturated rings. The van der Waals surface area contributed by atoms with Crippen molar-refractivity contribution in [2.75, 3.05) is 0 Å². The molecule has 0 saturated carbocycles. The van der Waals surface area contributed by atoms with Crippen LogP contribution < -0.4 is 4.74 Å². The van der Waals surface area contributed by atoms with Crippen molar-refractivity contribution in [3.8, 4) is 22.9 Å². The van der Waals surface area contributed by atoms with Crippen LogP contribution in [0.3, 0.4) is 0 Å². The SMILES string of the molecule is N#Cc1cc(-c2ccc(OC(F)(F)F)cc2)cc(C(F)(F)F)c1. The van der Waals surface area contributed by atoms with E-state index in [2.05, 4.69) is 4.74 Å². The lowest BCUT2D eigenvalue weighted by Crippen LogP contribution is -2.16. The Hall–Kier alpha value is -2.69. The smallest absolute Gasteiger partial charge is 0.406 e. The van der Waals surface area contributed by atoms with E-state index in [1.54, 1.807) is 6.07 Å². The van der Waals surface area contributed by atoms with Crippen LogP contribution in [0.25, 0.3) is 11.1 Å². The Bertz CT molecular complexity index is 741. The van der Waals surface area contributed by atoms with Gasteiger partial charge in [-0.05, 0) is 41.5 Å². The summed E-state index contributed by atoms with van der Waals surface area (Å²) < 4.78 is 78.3. The molecular formula is C15H7F6NO. The molecule has 23 heavy (non-hydrogen) atoms. The highest BCUT2D eigenvalue weighted by atomic mass is 19.4. The van der Waals surface area contributed by atoms with Crippen LogP contribution in [0, 0.1) is 11.3 Å². The zero-order valence-electron chi connectivity index (χ0n) is 11.2. The van der Waals surface area contributed by atoms with Crippen molar-refractivity contribution in [1.29, 1.82) is 5.26 Å². The van der Waals surface area contributed by atoms with E-state index in [1.807, 2.05) is 0 Å². The number of nitriles is 1. The Morgan fingerprint density at radius 2 is 1.43 bits per heavy atom. The summed E-state index contributed by atoms with van der Waals surface area (Å²) in [5, 5.41) is 8.81. The van der Waals surface area contributed by atoms with Crippen molar-refractivity contribution >= 4 is 0 Å². The minimum Gasteiger partial charge on any atom is -0.406 e. The van der Waals surface area contributed by atoms with Gasteiger partial charge in [0.05, 0.1) is 17.2 Å². The predicted molar refractivity (Wildman–Crippen MR) is 68.3 cm³/mol. The summed E-state index contributed by atoms with van der Waals surface area (Å²) in [6, 6.07) is 8.67. The number of hydrogen-bond acceptors (Lipinski definition) is 2. The molecule has 0 bridgehead atoms. The van der Waals surface area contributed by atoms with Gasteiger partial charge in [-0.1, -0.05) is 12.1 Å². The summed E-state index contributed by atoms with van der Waals surface area (Å²) in [6.07, 6.45) is -9.49. The van der Waals surface area contributed by atoms with Crippen molar-refractivity contribution in [3.05, 3.63) is 53.6 Å². The summed E-state index contributed by atoms with van der Waals surface area (Å²) in [5.74, 6) is -0.492. The van der Waals surface area contributed by atoms with Gasteiger partial charge in [0.25, 0.3) is 0 Å². The van der Waals surface area contributed by atoms with Crippen LogP contribution in [-0.4, -0.2) is 6.36 Å². The van der Waals surface area contributed by atoms with E-state index >= 15 is 0 Å². The van der Waals surface area contributed by atoms with E-state index in [4.69, 9.17) is 5.26 Å². The molecule has 0 atom stereocenters. The molecule has 0 amide bonds. The average molecular weight is 331 g/mol. The Morgan fingerprint density at radius 3 is 1.91 bits per heavy atom. The van der Waals surface area contributed by atoms with Gasteiger partial charge in [0.15, 0.2) is 0 Å². The van der Waals surface area contributed by atoms with Crippen LogP contribution in [0.1, 0.15) is 11.1 Å². The lowest BCUT2D eigenvalue weighted by Gasteiger charge is -2.11. The molecule has 2 nitrogen and oxygen atoms in total. The van der Waals surface area contributed by atoms with Gasteiger partial charge < -0.3 is 4.74 Å².